The van der Waals surface area contributed by atoms with Crippen LogP contribution in [0, 0.1) is 13.8 Å². The molecule has 0 unspecified atom stereocenters. The topological polar surface area (TPSA) is 49.8 Å². The lowest BCUT2D eigenvalue weighted by atomic mass is 10.1. The second-order valence-electron chi connectivity index (χ2n) is 5.31. The van der Waals surface area contributed by atoms with Crippen LogP contribution in [0.4, 0.5) is 11.6 Å². The average Bonchev–Trinajstić information content (AvgIpc) is 2.46. The summed E-state index contributed by atoms with van der Waals surface area (Å²) >= 11 is 0. The summed E-state index contributed by atoms with van der Waals surface area (Å²) < 4.78 is 0. The van der Waals surface area contributed by atoms with E-state index in [0.717, 1.165) is 37.0 Å². The van der Waals surface area contributed by atoms with Gasteiger partial charge in [-0.05, 0) is 25.8 Å². The van der Waals surface area contributed by atoms with Crippen molar-refractivity contribution in [1.29, 1.82) is 0 Å². The molecule has 2 aromatic rings. The minimum Gasteiger partial charge on any atom is -0.370 e. The van der Waals surface area contributed by atoms with Crippen molar-refractivity contribution < 1.29 is 0 Å². The lowest BCUT2D eigenvalue weighted by Gasteiger charge is -2.10. The number of nitrogens with zero attached hydrogens (tertiary/aromatic N) is 2. The fraction of sp³-hybridized carbons (Fsp3) is 0.412. The lowest BCUT2D eigenvalue weighted by Crippen LogP contribution is -2.07. The summed E-state index contributed by atoms with van der Waals surface area (Å²) in [6.45, 7) is 7.91. The molecule has 0 spiro atoms. The molecule has 0 fully saturated rings. The molecule has 0 bridgehead atoms. The van der Waals surface area contributed by atoms with Crippen LogP contribution in [-0.4, -0.2) is 16.5 Å². The number of rotatable bonds is 7. The molecule has 0 radical (unpaired) electrons. The molecule has 0 amide bonds. The minimum atomic E-state index is 0.769. The first kappa shape index (κ1) is 15.3. The molecule has 2 N–H and O–H groups in total. The van der Waals surface area contributed by atoms with E-state index in [1.807, 2.05) is 13.0 Å². The maximum atomic E-state index is 4.43. The van der Waals surface area contributed by atoms with E-state index in [4.69, 9.17) is 0 Å². The molecule has 0 saturated carbocycles. The highest BCUT2D eigenvalue weighted by molar-refractivity contribution is 5.47. The van der Waals surface area contributed by atoms with Crippen molar-refractivity contribution in [2.45, 2.75) is 40.2 Å². The average molecular weight is 284 g/mol. The second-order valence-corrected chi connectivity index (χ2v) is 5.31. The standard InChI is InChI=1S/C17H24N4/c1-4-5-10-18-16-11-17(21-14(3)20-16)19-12-15-8-6-13(2)7-9-15/h6-9,11H,4-5,10,12H2,1-3H3,(H2,18,19,20,21). The van der Waals surface area contributed by atoms with E-state index in [0.29, 0.717) is 0 Å². The molecule has 4 nitrogen and oxygen atoms in total. The first-order valence-corrected chi connectivity index (χ1v) is 7.56. The number of anilines is 2. The third-order valence-corrected chi connectivity index (χ3v) is 3.27. The maximum absolute atomic E-state index is 4.43. The first-order valence-electron chi connectivity index (χ1n) is 7.56. The monoisotopic (exact) mass is 284 g/mol. The van der Waals surface area contributed by atoms with Crippen molar-refractivity contribution in [3.8, 4) is 0 Å². The second kappa shape index (κ2) is 7.62. The Morgan fingerprint density at radius 2 is 1.62 bits per heavy atom. The van der Waals surface area contributed by atoms with E-state index >= 15 is 0 Å². The van der Waals surface area contributed by atoms with E-state index in [-0.39, 0.29) is 0 Å². The van der Waals surface area contributed by atoms with E-state index in [2.05, 4.69) is 58.7 Å². The number of hydrogen-bond donors (Lipinski definition) is 2. The Bertz CT molecular complexity index is 564. The van der Waals surface area contributed by atoms with Gasteiger partial charge in [-0.1, -0.05) is 43.2 Å². The molecule has 4 heteroatoms. The van der Waals surface area contributed by atoms with Crippen LogP contribution in [-0.2, 0) is 6.54 Å². The number of unbranched alkanes of at least 4 members (excludes halogenated alkanes) is 1. The molecular formula is C17H24N4. The Labute approximate surface area is 127 Å². The zero-order chi connectivity index (χ0) is 15.1. The van der Waals surface area contributed by atoms with E-state index in [1.165, 1.54) is 17.5 Å². The van der Waals surface area contributed by atoms with Crippen molar-refractivity contribution in [2.24, 2.45) is 0 Å². The first-order chi connectivity index (χ1) is 10.2. The molecule has 0 saturated heterocycles. The predicted molar refractivity (Wildman–Crippen MR) is 88.7 cm³/mol. The zero-order valence-corrected chi connectivity index (χ0v) is 13.1. The predicted octanol–water partition coefficient (Wildman–Crippen LogP) is 3.92. The van der Waals surface area contributed by atoms with Gasteiger partial charge in [0.1, 0.15) is 17.5 Å². The van der Waals surface area contributed by atoms with Crippen molar-refractivity contribution in [2.75, 3.05) is 17.2 Å². The van der Waals surface area contributed by atoms with Gasteiger partial charge in [0, 0.05) is 19.2 Å². The van der Waals surface area contributed by atoms with Gasteiger partial charge in [0.2, 0.25) is 0 Å². The van der Waals surface area contributed by atoms with E-state index in [9.17, 15) is 0 Å². The van der Waals surface area contributed by atoms with Gasteiger partial charge in [0.25, 0.3) is 0 Å². The van der Waals surface area contributed by atoms with Crippen LogP contribution in [0.1, 0.15) is 36.7 Å². The molecule has 2 rings (SSSR count). The number of aryl methyl sites for hydroxylation is 2. The quantitative estimate of drug-likeness (QED) is 0.757. The van der Waals surface area contributed by atoms with Crippen LogP contribution in [0.25, 0.3) is 0 Å². The van der Waals surface area contributed by atoms with Crippen molar-refractivity contribution in [1.82, 2.24) is 9.97 Å². The van der Waals surface area contributed by atoms with Gasteiger partial charge in [-0.2, -0.15) is 0 Å². The van der Waals surface area contributed by atoms with Gasteiger partial charge in [0.15, 0.2) is 0 Å². The van der Waals surface area contributed by atoms with Gasteiger partial charge in [0.05, 0.1) is 0 Å². The summed E-state index contributed by atoms with van der Waals surface area (Å²) in [5.74, 6) is 2.53. The third kappa shape index (κ3) is 5.06. The molecule has 1 aromatic heterocycles. The SMILES string of the molecule is CCCCNc1cc(NCc2ccc(C)cc2)nc(C)n1. The van der Waals surface area contributed by atoms with Gasteiger partial charge in [-0.25, -0.2) is 9.97 Å². The summed E-state index contributed by atoms with van der Waals surface area (Å²) in [5, 5.41) is 6.70. The summed E-state index contributed by atoms with van der Waals surface area (Å²) in [6, 6.07) is 10.5. The van der Waals surface area contributed by atoms with Crippen molar-refractivity contribution >= 4 is 11.6 Å². The smallest absolute Gasteiger partial charge is 0.132 e. The maximum Gasteiger partial charge on any atom is 0.132 e. The Morgan fingerprint density at radius 1 is 0.952 bits per heavy atom. The van der Waals surface area contributed by atoms with Crippen molar-refractivity contribution in [3.05, 3.63) is 47.3 Å². The van der Waals surface area contributed by atoms with Crippen molar-refractivity contribution in [3.63, 3.8) is 0 Å². The zero-order valence-electron chi connectivity index (χ0n) is 13.1. The molecule has 1 aromatic carbocycles. The third-order valence-electron chi connectivity index (χ3n) is 3.27. The molecule has 1 heterocycles. The van der Waals surface area contributed by atoms with Gasteiger partial charge < -0.3 is 10.6 Å². The van der Waals surface area contributed by atoms with Crippen LogP contribution in [0.2, 0.25) is 0 Å². The molecule has 0 aliphatic heterocycles. The Hall–Kier alpha value is -2.10. The summed E-state index contributed by atoms with van der Waals surface area (Å²) in [4.78, 5) is 8.84. The number of aromatic nitrogens is 2. The van der Waals surface area contributed by atoms with Crippen LogP contribution in [0.5, 0.6) is 0 Å². The van der Waals surface area contributed by atoms with E-state index in [1.54, 1.807) is 0 Å². The summed E-state index contributed by atoms with van der Waals surface area (Å²) in [5.41, 5.74) is 2.52. The number of benzene rings is 1. The summed E-state index contributed by atoms with van der Waals surface area (Å²) in [7, 11) is 0. The van der Waals surface area contributed by atoms with Gasteiger partial charge in [-0.15, -0.1) is 0 Å². The molecule has 0 aliphatic rings. The number of hydrogen-bond acceptors (Lipinski definition) is 4. The van der Waals surface area contributed by atoms with Crippen LogP contribution in [0.3, 0.4) is 0 Å². The Balaban J connectivity index is 1.97. The van der Waals surface area contributed by atoms with Crippen LogP contribution < -0.4 is 10.6 Å². The van der Waals surface area contributed by atoms with Gasteiger partial charge in [-0.3, -0.25) is 0 Å². The molecule has 21 heavy (non-hydrogen) atoms. The highest BCUT2D eigenvalue weighted by Gasteiger charge is 2.01. The van der Waals surface area contributed by atoms with Crippen LogP contribution >= 0.6 is 0 Å². The fourth-order valence-electron chi connectivity index (χ4n) is 2.04. The Morgan fingerprint density at radius 3 is 2.29 bits per heavy atom. The molecule has 0 aliphatic carbocycles. The van der Waals surface area contributed by atoms with Crippen LogP contribution in [0.15, 0.2) is 30.3 Å². The largest absolute Gasteiger partial charge is 0.370 e. The fourth-order valence-corrected chi connectivity index (χ4v) is 2.04. The normalized spacial score (nSPS) is 10.4. The highest BCUT2D eigenvalue weighted by Crippen LogP contribution is 2.13. The van der Waals surface area contributed by atoms with Gasteiger partial charge >= 0.3 is 0 Å². The minimum absolute atomic E-state index is 0.769. The Kier molecular flexibility index (Phi) is 5.55. The number of nitrogens with one attached hydrogen (secondary N) is 2. The van der Waals surface area contributed by atoms with E-state index < -0.39 is 0 Å². The highest BCUT2D eigenvalue weighted by atomic mass is 15.1. The lowest BCUT2D eigenvalue weighted by molar-refractivity contribution is 0.829. The molecule has 0 atom stereocenters. The molecular weight excluding hydrogens is 260 g/mol. The summed E-state index contributed by atoms with van der Waals surface area (Å²) in [6.07, 6.45) is 2.32. The molecule has 112 valence electrons.